The number of halogens is 1. The highest BCUT2D eigenvalue weighted by atomic mass is 35.5. The minimum Gasteiger partial charge on any atom is -0.317 e. The Morgan fingerprint density at radius 2 is 2.21 bits per heavy atom. The number of piperidine rings is 1. The molecule has 0 radical (unpaired) electrons. The van der Waals surface area contributed by atoms with Crippen molar-refractivity contribution in [3.63, 3.8) is 0 Å². The molecule has 1 fully saturated rings. The summed E-state index contributed by atoms with van der Waals surface area (Å²) in [6.45, 7) is 5.53. The Hall–Kier alpha value is -0.540. The summed E-state index contributed by atoms with van der Waals surface area (Å²) < 4.78 is 2.07. The number of aromatic nitrogens is 2. The fourth-order valence-electron chi connectivity index (χ4n) is 1.90. The van der Waals surface area contributed by atoms with E-state index in [2.05, 4.69) is 28.2 Å². The van der Waals surface area contributed by atoms with Gasteiger partial charge in [0.1, 0.15) is 0 Å². The van der Waals surface area contributed by atoms with Gasteiger partial charge in [-0.25, -0.2) is 0 Å². The molecular weight excluding hydrogens is 198 g/mol. The Labute approximate surface area is 91.3 Å². The summed E-state index contributed by atoms with van der Waals surface area (Å²) in [5, 5.41) is 7.68. The Morgan fingerprint density at radius 3 is 2.79 bits per heavy atom. The summed E-state index contributed by atoms with van der Waals surface area (Å²) in [7, 11) is 0. The number of hydrogen-bond acceptors (Lipinski definition) is 2. The van der Waals surface area contributed by atoms with Crippen molar-refractivity contribution >= 4 is 12.4 Å². The van der Waals surface area contributed by atoms with Crippen molar-refractivity contribution in [2.75, 3.05) is 13.1 Å². The van der Waals surface area contributed by atoms with Crippen LogP contribution in [0.1, 0.15) is 18.4 Å². The first-order valence-electron chi connectivity index (χ1n) is 5.04. The van der Waals surface area contributed by atoms with Crippen molar-refractivity contribution < 1.29 is 0 Å². The second-order valence-corrected chi connectivity index (χ2v) is 3.93. The van der Waals surface area contributed by atoms with Gasteiger partial charge in [-0.15, -0.1) is 12.4 Å². The van der Waals surface area contributed by atoms with E-state index in [9.17, 15) is 0 Å². The molecule has 1 N–H and O–H groups in total. The molecule has 1 aromatic rings. The highest BCUT2D eigenvalue weighted by molar-refractivity contribution is 5.85. The zero-order valence-electron chi connectivity index (χ0n) is 8.57. The highest BCUT2D eigenvalue weighted by Crippen LogP contribution is 2.13. The van der Waals surface area contributed by atoms with E-state index in [4.69, 9.17) is 0 Å². The first-order chi connectivity index (χ1) is 6.34. The van der Waals surface area contributed by atoms with Crippen LogP contribution in [0.2, 0.25) is 0 Å². The third-order valence-electron chi connectivity index (χ3n) is 2.67. The average molecular weight is 216 g/mol. The molecule has 0 saturated carbocycles. The molecule has 1 aromatic heterocycles. The Morgan fingerprint density at radius 1 is 1.50 bits per heavy atom. The van der Waals surface area contributed by atoms with Crippen LogP contribution in [0.15, 0.2) is 12.4 Å². The lowest BCUT2D eigenvalue weighted by Gasteiger charge is -2.22. The Kier molecular flexibility index (Phi) is 4.42. The van der Waals surface area contributed by atoms with Crippen molar-refractivity contribution in [3.8, 4) is 0 Å². The minimum atomic E-state index is 0. The van der Waals surface area contributed by atoms with E-state index >= 15 is 0 Å². The summed E-state index contributed by atoms with van der Waals surface area (Å²) in [6.07, 6.45) is 6.64. The van der Waals surface area contributed by atoms with Crippen LogP contribution in [0.3, 0.4) is 0 Å². The van der Waals surface area contributed by atoms with E-state index < -0.39 is 0 Å². The smallest absolute Gasteiger partial charge is 0.0518 e. The lowest BCUT2D eigenvalue weighted by molar-refractivity contribution is 0.321. The van der Waals surface area contributed by atoms with Gasteiger partial charge in [0.25, 0.3) is 0 Å². The maximum atomic E-state index is 4.31. The van der Waals surface area contributed by atoms with Gasteiger partial charge in [-0.2, -0.15) is 5.10 Å². The molecule has 0 aromatic carbocycles. The quantitative estimate of drug-likeness (QED) is 0.813. The molecule has 0 atom stereocenters. The molecule has 0 unspecified atom stereocenters. The number of nitrogens with one attached hydrogen (secondary N) is 1. The number of aryl methyl sites for hydroxylation is 1. The number of hydrogen-bond donors (Lipinski definition) is 1. The van der Waals surface area contributed by atoms with E-state index in [-0.39, 0.29) is 12.4 Å². The van der Waals surface area contributed by atoms with Gasteiger partial charge < -0.3 is 5.32 Å². The molecule has 1 aliphatic rings. The van der Waals surface area contributed by atoms with Gasteiger partial charge in [-0.1, -0.05) is 0 Å². The van der Waals surface area contributed by atoms with Gasteiger partial charge in [-0.3, -0.25) is 4.68 Å². The van der Waals surface area contributed by atoms with Gasteiger partial charge in [0.05, 0.1) is 6.20 Å². The predicted molar refractivity (Wildman–Crippen MR) is 59.8 cm³/mol. The molecule has 1 aliphatic heterocycles. The second kappa shape index (κ2) is 5.37. The molecule has 1 saturated heterocycles. The summed E-state index contributed by atoms with van der Waals surface area (Å²) in [6, 6.07) is 0. The van der Waals surface area contributed by atoms with Crippen LogP contribution in [0.25, 0.3) is 0 Å². The fourth-order valence-corrected chi connectivity index (χ4v) is 1.90. The van der Waals surface area contributed by atoms with Gasteiger partial charge in [0, 0.05) is 12.7 Å². The van der Waals surface area contributed by atoms with E-state index in [1.165, 1.54) is 31.5 Å². The van der Waals surface area contributed by atoms with Crippen LogP contribution in [0.5, 0.6) is 0 Å². The summed E-state index contributed by atoms with van der Waals surface area (Å²) in [5.74, 6) is 0.820. The largest absolute Gasteiger partial charge is 0.317 e. The van der Waals surface area contributed by atoms with Crippen LogP contribution in [-0.4, -0.2) is 22.9 Å². The molecule has 14 heavy (non-hydrogen) atoms. The number of nitrogens with zero attached hydrogens (tertiary/aromatic N) is 2. The SMILES string of the molecule is Cc1cnn(CC2CCNCC2)c1.Cl. The van der Waals surface area contributed by atoms with Crippen LogP contribution in [-0.2, 0) is 6.54 Å². The van der Waals surface area contributed by atoms with Crippen molar-refractivity contribution in [3.05, 3.63) is 18.0 Å². The van der Waals surface area contributed by atoms with E-state index in [0.717, 1.165) is 12.5 Å². The Balaban J connectivity index is 0.000000980. The first-order valence-corrected chi connectivity index (χ1v) is 5.04. The van der Waals surface area contributed by atoms with Crippen LogP contribution >= 0.6 is 12.4 Å². The monoisotopic (exact) mass is 215 g/mol. The highest BCUT2D eigenvalue weighted by Gasteiger charge is 2.13. The van der Waals surface area contributed by atoms with Crippen LogP contribution in [0, 0.1) is 12.8 Å². The third kappa shape index (κ3) is 3.00. The summed E-state index contributed by atoms with van der Waals surface area (Å²) in [5.41, 5.74) is 1.26. The lowest BCUT2D eigenvalue weighted by atomic mass is 9.98. The molecule has 4 heteroatoms. The number of rotatable bonds is 2. The average Bonchev–Trinajstić information content (AvgIpc) is 2.53. The molecule has 3 nitrogen and oxygen atoms in total. The molecule has 0 aliphatic carbocycles. The zero-order chi connectivity index (χ0) is 9.10. The predicted octanol–water partition coefficient (Wildman–Crippen LogP) is 1.61. The molecular formula is C10H18ClN3. The second-order valence-electron chi connectivity index (χ2n) is 3.93. The van der Waals surface area contributed by atoms with Crippen LogP contribution in [0.4, 0.5) is 0 Å². The van der Waals surface area contributed by atoms with Crippen molar-refractivity contribution in [1.29, 1.82) is 0 Å². The van der Waals surface area contributed by atoms with Crippen LogP contribution < -0.4 is 5.32 Å². The standard InChI is InChI=1S/C10H17N3.ClH/c1-9-6-12-13(7-9)8-10-2-4-11-5-3-10;/h6-7,10-11H,2-5,8H2,1H3;1H. The molecule has 0 spiro atoms. The zero-order valence-corrected chi connectivity index (χ0v) is 9.39. The first kappa shape index (κ1) is 11.5. The molecule has 80 valence electrons. The van der Waals surface area contributed by atoms with Crippen molar-refractivity contribution in [2.24, 2.45) is 5.92 Å². The van der Waals surface area contributed by atoms with E-state index in [0.29, 0.717) is 0 Å². The van der Waals surface area contributed by atoms with Gasteiger partial charge in [0.2, 0.25) is 0 Å². The Bertz CT molecular complexity index is 266. The maximum absolute atomic E-state index is 4.31. The summed E-state index contributed by atoms with van der Waals surface area (Å²) >= 11 is 0. The van der Waals surface area contributed by atoms with E-state index in [1.807, 2.05) is 6.20 Å². The van der Waals surface area contributed by atoms with Gasteiger partial charge in [0.15, 0.2) is 0 Å². The molecule has 2 heterocycles. The van der Waals surface area contributed by atoms with Crippen molar-refractivity contribution in [2.45, 2.75) is 26.3 Å². The molecule has 2 rings (SSSR count). The summed E-state index contributed by atoms with van der Waals surface area (Å²) in [4.78, 5) is 0. The van der Waals surface area contributed by atoms with Crippen molar-refractivity contribution in [1.82, 2.24) is 15.1 Å². The fraction of sp³-hybridized carbons (Fsp3) is 0.700. The minimum absolute atomic E-state index is 0. The van der Waals surface area contributed by atoms with Gasteiger partial charge >= 0.3 is 0 Å². The maximum Gasteiger partial charge on any atom is 0.0518 e. The van der Waals surface area contributed by atoms with Gasteiger partial charge in [-0.05, 0) is 44.3 Å². The normalized spacial score (nSPS) is 17.8. The third-order valence-corrected chi connectivity index (χ3v) is 2.67. The van der Waals surface area contributed by atoms with E-state index in [1.54, 1.807) is 0 Å². The molecule has 0 bridgehead atoms. The lowest BCUT2D eigenvalue weighted by Crippen LogP contribution is -2.29. The topological polar surface area (TPSA) is 29.9 Å². The molecule has 0 amide bonds.